The lowest BCUT2D eigenvalue weighted by atomic mass is 10.0. The van der Waals surface area contributed by atoms with Crippen LogP contribution in [0.2, 0.25) is 0 Å². The number of carbonyl (C=O) groups excluding carboxylic acids is 3. The van der Waals surface area contributed by atoms with E-state index in [4.69, 9.17) is 14.2 Å². The Labute approximate surface area is 406 Å². The summed E-state index contributed by atoms with van der Waals surface area (Å²) in [5.41, 5.74) is 0. The molecule has 0 aliphatic rings. The molecule has 0 radical (unpaired) electrons. The summed E-state index contributed by atoms with van der Waals surface area (Å²) in [6.45, 7) is 9.07. The fourth-order valence-corrected chi connectivity index (χ4v) is 9.10. The number of carbonyl (C=O) groups is 3. The third-order valence-corrected chi connectivity index (χ3v) is 13.5. The van der Waals surface area contributed by atoms with E-state index in [2.05, 4.69) is 27.7 Å². The van der Waals surface area contributed by atoms with Gasteiger partial charge in [0, 0.05) is 19.3 Å². The highest BCUT2D eigenvalue weighted by Gasteiger charge is 2.19. The summed E-state index contributed by atoms with van der Waals surface area (Å²) < 4.78 is 16.9. The van der Waals surface area contributed by atoms with E-state index in [0.717, 1.165) is 63.7 Å². The molecule has 0 saturated carbocycles. The highest BCUT2D eigenvalue weighted by molar-refractivity contribution is 5.71. The van der Waals surface area contributed by atoms with Crippen molar-refractivity contribution in [3.8, 4) is 0 Å². The first-order valence-corrected chi connectivity index (χ1v) is 29.4. The number of rotatable bonds is 54. The van der Waals surface area contributed by atoms with Gasteiger partial charge in [-0.2, -0.15) is 0 Å². The molecule has 0 unspecified atom stereocenters. The minimum absolute atomic E-state index is 0.0618. The van der Waals surface area contributed by atoms with E-state index >= 15 is 0 Å². The second kappa shape index (κ2) is 53.4. The van der Waals surface area contributed by atoms with E-state index in [-0.39, 0.29) is 31.1 Å². The highest BCUT2D eigenvalue weighted by atomic mass is 16.6. The first-order chi connectivity index (χ1) is 31.9. The Morgan fingerprint density at radius 2 is 0.508 bits per heavy atom. The molecule has 65 heavy (non-hydrogen) atoms. The van der Waals surface area contributed by atoms with Gasteiger partial charge in [0.2, 0.25) is 0 Å². The number of hydrogen-bond donors (Lipinski definition) is 0. The van der Waals surface area contributed by atoms with E-state index < -0.39 is 6.10 Å². The van der Waals surface area contributed by atoms with Crippen molar-refractivity contribution in [1.29, 1.82) is 0 Å². The van der Waals surface area contributed by atoms with Gasteiger partial charge in [-0.1, -0.05) is 297 Å². The molecule has 6 heteroatoms. The van der Waals surface area contributed by atoms with Crippen LogP contribution in [0.3, 0.4) is 0 Å². The Morgan fingerprint density at radius 1 is 0.292 bits per heavy atom. The van der Waals surface area contributed by atoms with Gasteiger partial charge < -0.3 is 14.2 Å². The van der Waals surface area contributed by atoms with E-state index in [1.54, 1.807) is 0 Å². The summed E-state index contributed by atoms with van der Waals surface area (Å²) in [5.74, 6) is 0.0229. The van der Waals surface area contributed by atoms with Gasteiger partial charge in [0.05, 0.1) is 0 Å². The maximum Gasteiger partial charge on any atom is 0.306 e. The Bertz CT molecular complexity index is 980. The number of unbranched alkanes of at least 4 members (excludes halogenated alkanes) is 41. The molecule has 0 fully saturated rings. The molecule has 0 heterocycles. The van der Waals surface area contributed by atoms with Gasteiger partial charge in [0.1, 0.15) is 13.2 Å². The van der Waals surface area contributed by atoms with E-state index in [1.807, 2.05) is 0 Å². The second-order valence-electron chi connectivity index (χ2n) is 20.8. The van der Waals surface area contributed by atoms with E-state index in [0.29, 0.717) is 19.3 Å². The standard InChI is InChI=1S/C59H114O6/c1-5-7-9-11-13-15-17-18-19-25-29-32-36-40-44-48-52-59(62)65-56(53-63-57(60)50-46-42-38-34-16-14-12-10-8-6-2)54-64-58(61)51-47-43-39-35-31-28-26-23-21-20-22-24-27-30-33-37-41-45-49-55(3)4/h55-56H,5-54H2,1-4H3/t56-/m0/s1. The van der Waals surface area contributed by atoms with Crippen molar-refractivity contribution in [2.24, 2.45) is 5.92 Å². The Balaban J connectivity index is 4.20. The van der Waals surface area contributed by atoms with Crippen LogP contribution in [0.25, 0.3) is 0 Å². The van der Waals surface area contributed by atoms with Gasteiger partial charge >= 0.3 is 17.9 Å². The fraction of sp³-hybridized carbons (Fsp3) is 0.949. The quantitative estimate of drug-likeness (QED) is 0.0344. The molecule has 6 nitrogen and oxygen atoms in total. The molecule has 0 aromatic carbocycles. The van der Waals surface area contributed by atoms with Gasteiger partial charge in [-0.3, -0.25) is 14.4 Å². The summed E-state index contributed by atoms with van der Waals surface area (Å²) in [4.78, 5) is 38.1. The molecule has 0 bridgehead atoms. The van der Waals surface area contributed by atoms with Crippen LogP contribution in [0.15, 0.2) is 0 Å². The molecule has 0 aliphatic carbocycles. The first-order valence-electron chi connectivity index (χ1n) is 29.4. The molecule has 0 saturated heterocycles. The summed E-state index contributed by atoms with van der Waals surface area (Å²) in [7, 11) is 0. The summed E-state index contributed by atoms with van der Waals surface area (Å²) in [6, 6.07) is 0. The zero-order chi connectivity index (χ0) is 47.4. The van der Waals surface area contributed by atoms with Gasteiger partial charge in [0.15, 0.2) is 6.10 Å². The summed E-state index contributed by atoms with van der Waals surface area (Å²) in [5, 5.41) is 0. The third-order valence-electron chi connectivity index (χ3n) is 13.5. The highest BCUT2D eigenvalue weighted by Crippen LogP contribution is 2.18. The average Bonchev–Trinajstić information content (AvgIpc) is 3.29. The zero-order valence-electron chi connectivity index (χ0n) is 44.5. The molecule has 0 aromatic rings. The smallest absolute Gasteiger partial charge is 0.306 e. The normalized spacial score (nSPS) is 12.0. The molecule has 0 N–H and O–H groups in total. The molecule has 0 aromatic heterocycles. The number of hydrogen-bond acceptors (Lipinski definition) is 6. The van der Waals surface area contributed by atoms with Gasteiger partial charge in [-0.25, -0.2) is 0 Å². The number of ether oxygens (including phenoxy) is 3. The molecular formula is C59H114O6. The second-order valence-corrected chi connectivity index (χ2v) is 20.8. The van der Waals surface area contributed by atoms with Crippen LogP contribution >= 0.6 is 0 Å². The minimum atomic E-state index is -0.761. The predicted molar refractivity (Wildman–Crippen MR) is 280 cm³/mol. The van der Waals surface area contributed by atoms with Crippen LogP contribution in [0.4, 0.5) is 0 Å². The predicted octanol–water partition coefficient (Wildman–Crippen LogP) is 19.4. The maximum atomic E-state index is 12.8. The van der Waals surface area contributed by atoms with Crippen LogP contribution in [-0.2, 0) is 28.6 Å². The Kier molecular flexibility index (Phi) is 52.1. The number of esters is 3. The van der Waals surface area contributed by atoms with Crippen LogP contribution in [0, 0.1) is 5.92 Å². The lowest BCUT2D eigenvalue weighted by molar-refractivity contribution is -0.167. The Hall–Kier alpha value is -1.59. The van der Waals surface area contributed by atoms with Crippen LogP contribution in [0.1, 0.15) is 336 Å². The monoisotopic (exact) mass is 919 g/mol. The topological polar surface area (TPSA) is 78.9 Å². The van der Waals surface area contributed by atoms with Crippen molar-refractivity contribution in [3.63, 3.8) is 0 Å². The van der Waals surface area contributed by atoms with Gasteiger partial charge in [-0.15, -0.1) is 0 Å². The van der Waals surface area contributed by atoms with E-state index in [1.165, 1.54) is 231 Å². The lowest BCUT2D eigenvalue weighted by Gasteiger charge is -2.18. The minimum Gasteiger partial charge on any atom is -0.462 e. The lowest BCUT2D eigenvalue weighted by Crippen LogP contribution is -2.30. The summed E-state index contributed by atoms with van der Waals surface area (Å²) in [6.07, 6.45) is 58.1. The van der Waals surface area contributed by atoms with Crippen molar-refractivity contribution in [2.75, 3.05) is 13.2 Å². The molecule has 1 atom stereocenters. The van der Waals surface area contributed by atoms with Gasteiger partial charge in [0.25, 0.3) is 0 Å². The fourth-order valence-electron chi connectivity index (χ4n) is 9.10. The van der Waals surface area contributed by atoms with Crippen LogP contribution < -0.4 is 0 Å². The van der Waals surface area contributed by atoms with E-state index in [9.17, 15) is 14.4 Å². The van der Waals surface area contributed by atoms with Crippen molar-refractivity contribution in [1.82, 2.24) is 0 Å². The molecule has 0 spiro atoms. The van der Waals surface area contributed by atoms with Crippen molar-refractivity contribution in [2.45, 2.75) is 342 Å². The molecule has 386 valence electrons. The summed E-state index contributed by atoms with van der Waals surface area (Å²) >= 11 is 0. The van der Waals surface area contributed by atoms with Crippen LogP contribution in [0.5, 0.6) is 0 Å². The van der Waals surface area contributed by atoms with Crippen molar-refractivity contribution < 1.29 is 28.6 Å². The maximum absolute atomic E-state index is 12.8. The first kappa shape index (κ1) is 63.4. The third kappa shape index (κ3) is 53.2. The molecular weight excluding hydrogens is 805 g/mol. The van der Waals surface area contributed by atoms with Crippen LogP contribution in [-0.4, -0.2) is 37.2 Å². The van der Waals surface area contributed by atoms with Gasteiger partial charge in [-0.05, 0) is 25.2 Å². The van der Waals surface area contributed by atoms with Crippen molar-refractivity contribution >= 4 is 17.9 Å². The molecule has 0 rings (SSSR count). The van der Waals surface area contributed by atoms with Crippen molar-refractivity contribution in [3.05, 3.63) is 0 Å². The molecule has 0 amide bonds. The zero-order valence-corrected chi connectivity index (χ0v) is 44.5. The molecule has 0 aliphatic heterocycles. The largest absolute Gasteiger partial charge is 0.462 e. The average molecular weight is 920 g/mol. The Morgan fingerprint density at radius 3 is 0.754 bits per heavy atom. The SMILES string of the molecule is CCCCCCCCCCCCCCCCCCC(=O)O[C@@H](COC(=O)CCCCCCCCCCCC)COC(=O)CCCCCCCCCCCCCCCCCCCCC(C)C.